The monoisotopic (exact) mass is 318 g/mol. The number of hydrogen-bond donors (Lipinski definition) is 0. The van der Waals surface area contributed by atoms with Gasteiger partial charge in [0.15, 0.2) is 0 Å². The molecule has 0 bridgehead atoms. The molecule has 0 N–H and O–H groups in total. The molecule has 0 aromatic heterocycles. The molecule has 0 aliphatic rings. The lowest BCUT2D eigenvalue weighted by atomic mass is 10.4. The van der Waals surface area contributed by atoms with E-state index >= 15 is 0 Å². The molecule has 0 aliphatic heterocycles. The molecule has 9 heteroatoms. The van der Waals surface area contributed by atoms with Crippen molar-refractivity contribution in [2.75, 3.05) is 0 Å². The molecule has 0 unspecified atom stereocenters. The Hall–Kier alpha value is -2.39. The largest absolute Gasteiger partial charge is 0.513 e. The highest BCUT2D eigenvalue weighted by atomic mass is 17.3. The Kier molecular flexibility index (Phi) is 7.26. The molecule has 9 nitrogen and oxygen atoms in total. The Balaban J connectivity index is 4.40. The van der Waals surface area contributed by atoms with Crippen LogP contribution in [0.2, 0.25) is 0 Å². The summed E-state index contributed by atoms with van der Waals surface area (Å²) in [5.74, 6) is -5.01. The second-order valence-electron chi connectivity index (χ2n) is 4.63. The van der Waals surface area contributed by atoms with E-state index in [2.05, 4.69) is 32.7 Å². The Labute approximate surface area is 127 Å². The van der Waals surface area contributed by atoms with Crippen molar-refractivity contribution in [3.8, 4) is 0 Å². The van der Waals surface area contributed by atoms with Crippen LogP contribution in [-0.4, -0.2) is 29.7 Å². The van der Waals surface area contributed by atoms with E-state index in [1.807, 2.05) is 0 Å². The van der Waals surface area contributed by atoms with Gasteiger partial charge in [0, 0.05) is 39.8 Å². The SMILES string of the molecule is C=CC(=O)OOC(C)(C)OC(=O)OC(C)(C)OOC(=O)C=C. The molecule has 0 saturated carbocycles. The van der Waals surface area contributed by atoms with Gasteiger partial charge in [0.05, 0.1) is 0 Å². The molecule has 0 atom stereocenters. The van der Waals surface area contributed by atoms with Crippen molar-refractivity contribution in [2.45, 2.75) is 39.3 Å². The molecular weight excluding hydrogens is 300 g/mol. The van der Waals surface area contributed by atoms with E-state index < -0.39 is 29.7 Å². The number of carbonyl (C=O) groups excluding carboxylic acids is 3. The fraction of sp³-hybridized carbons (Fsp3) is 0.462. The van der Waals surface area contributed by atoms with Gasteiger partial charge in [-0.1, -0.05) is 13.2 Å². The van der Waals surface area contributed by atoms with Crippen LogP contribution in [0.3, 0.4) is 0 Å². The van der Waals surface area contributed by atoms with Gasteiger partial charge >= 0.3 is 18.1 Å². The summed E-state index contributed by atoms with van der Waals surface area (Å²) >= 11 is 0. The summed E-state index contributed by atoms with van der Waals surface area (Å²) in [7, 11) is 0. The van der Waals surface area contributed by atoms with E-state index in [0.717, 1.165) is 12.2 Å². The van der Waals surface area contributed by atoms with Crippen LogP contribution in [0.25, 0.3) is 0 Å². The fourth-order valence-electron chi connectivity index (χ4n) is 0.807. The Morgan fingerprint density at radius 2 is 1.09 bits per heavy atom. The summed E-state index contributed by atoms with van der Waals surface area (Å²) in [5.41, 5.74) is 0. The highest BCUT2D eigenvalue weighted by Gasteiger charge is 2.33. The highest BCUT2D eigenvalue weighted by molar-refractivity contribution is 5.80. The predicted molar refractivity (Wildman–Crippen MR) is 70.5 cm³/mol. The summed E-state index contributed by atoms with van der Waals surface area (Å²) in [6.45, 7) is 11.5. The van der Waals surface area contributed by atoms with Crippen molar-refractivity contribution < 1.29 is 43.4 Å². The van der Waals surface area contributed by atoms with E-state index in [9.17, 15) is 14.4 Å². The first-order valence-corrected chi connectivity index (χ1v) is 5.97. The lowest BCUT2D eigenvalue weighted by molar-refractivity contribution is -0.397. The molecule has 0 heterocycles. The molecule has 0 fully saturated rings. The second-order valence-corrected chi connectivity index (χ2v) is 4.63. The zero-order valence-corrected chi connectivity index (χ0v) is 12.7. The van der Waals surface area contributed by atoms with Crippen molar-refractivity contribution in [2.24, 2.45) is 0 Å². The summed E-state index contributed by atoms with van der Waals surface area (Å²) in [5, 5.41) is 0. The Bertz CT molecular complexity index is 410. The van der Waals surface area contributed by atoms with Crippen molar-refractivity contribution in [1.82, 2.24) is 0 Å². The number of rotatable bonds is 8. The number of ether oxygens (including phenoxy) is 2. The third kappa shape index (κ3) is 8.72. The molecular formula is C13H18O9. The van der Waals surface area contributed by atoms with Gasteiger partial charge in [0.1, 0.15) is 0 Å². The molecule has 0 aliphatic carbocycles. The topological polar surface area (TPSA) is 107 Å². The first-order valence-electron chi connectivity index (χ1n) is 5.97. The summed E-state index contributed by atoms with van der Waals surface area (Å²) in [6, 6.07) is 0. The maximum Gasteiger partial charge on any atom is 0.513 e. The molecule has 0 amide bonds. The van der Waals surface area contributed by atoms with Crippen molar-refractivity contribution in [3.63, 3.8) is 0 Å². The van der Waals surface area contributed by atoms with Crippen molar-refractivity contribution >= 4 is 18.1 Å². The zero-order chi connectivity index (χ0) is 17.4. The van der Waals surface area contributed by atoms with Crippen LogP contribution in [0.15, 0.2) is 25.3 Å². The van der Waals surface area contributed by atoms with Gasteiger partial charge in [-0.3, -0.25) is 9.78 Å². The van der Waals surface area contributed by atoms with Gasteiger partial charge in [-0.2, -0.15) is 0 Å². The quantitative estimate of drug-likeness (QED) is 0.218. The molecule has 0 aromatic carbocycles. The van der Waals surface area contributed by atoms with E-state index in [1.54, 1.807) is 0 Å². The van der Waals surface area contributed by atoms with Gasteiger partial charge < -0.3 is 9.47 Å². The van der Waals surface area contributed by atoms with Gasteiger partial charge in [-0.05, 0) is 0 Å². The van der Waals surface area contributed by atoms with Crippen LogP contribution in [0.4, 0.5) is 4.79 Å². The average molecular weight is 318 g/mol. The zero-order valence-electron chi connectivity index (χ0n) is 12.7. The maximum atomic E-state index is 11.6. The van der Waals surface area contributed by atoms with Crippen LogP contribution in [0.5, 0.6) is 0 Å². The van der Waals surface area contributed by atoms with Gasteiger partial charge in [-0.25, -0.2) is 14.4 Å². The van der Waals surface area contributed by atoms with Gasteiger partial charge in [-0.15, -0.1) is 9.78 Å². The maximum absolute atomic E-state index is 11.6. The Morgan fingerprint density at radius 3 is 1.36 bits per heavy atom. The molecule has 124 valence electrons. The van der Waals surface area contributed by atoms with E-state index in [1.165, 1.54) is 27.7 Å². The fourth-order valence-corrected chi connectivity index (χ4v) is 0.807. The van der Waals surface area contributed by atoms with Crippen LogP contribution in [0.1, 0.15) is 27.7 Å². The minimum absolute atomic E-state index is 0.860. The summed E-state index contributed by atoms with van der Waals surface area (Å²) < 4.78 is 9.53. The normalized spacial score (nSPS) is 11.1. The number of hydrogen-bond acceptors (Lipinski definition) is 9. The average Bonchev–Trinajstić information content (AvgIpc) is 2.40. The molecule has 0 aromatic rings. The first kappa shape index (κ1) is 19.6. The summed E-state index contributed by atoms with van der Waals surface area (Å²) in [4.78, 5) is 51.0. The third-order valence-electron chi connectivity index (χ3n) is 1.64. The molecule has 0 radical (unpaired) electrons. The lowest BCUT2D eigenvalue weighted by Gasteiger charge is -2.26. The molecule has 22 heavy (non-hydrogen) atoms. The predicted octanol–water partition coefficient (Wildman–Crippen LogP) is 1.93. The van der Waals surface area contributed by atoms with E-state index in [0.29, 0.717) is 0 Å². The summed E-state index contributed by atoms with van der Waals surface area (Å²) in [6.07, 6.45) is 0.498. The van der Waals surface area contributed by atoms with E-state index in [4.69, 9.17) is 9.47 Å². The third-order valence-corrected chi connectivity index (χ3v) is 1.64. The lowest BCUT2D eigenvalue weighted by Crippen LogP contribution is -2.38. The van der Waals surface area contributed by atoms with E-state index in [-0.39, 0.29) is 0 Å². The molecule has 0 spiro atoms. The highest BCUT2D eigenvalue weighted by Crippen LogP contribution is 2.18. The van der Waals surface area contributed by atoms with Crippen LogP contribution >= 0.6 is 0 Å². The van der Waals surface area contributed by atoms with Gasteiger partial charge in [0.25, 0.3) is 11.6 Å². The van der Waals surface area contributed by atoms with Crippen LogP contribution < -0.4 is 0 Å². The smallest absolute Gasteiger partial charge is 0.398 e. The first-order chi connectivity index (χ1) is 10.0. The minimum atomic E-state index is -1.64. The number of carbonyl (C=O) groups is 3. The van der Waals surface area contributed by atoms with Crippen LogP contribution in [-0.2, 0) is 38.6 Å². The van der Waals surface area contributed by atoms with Crippen molar-refractivity contribution in [3.05, 3.63) is 25.3 Å². The standard InChI is InChI=1S/C13H18O9/c1-7-9(14)19-21-12(3,4)17-11(16)18-13(5,6)22-20-10(15)8-2/h7-8H,1-2H2,3-6H3. The van der Waals surface area contributed by atoms with Crippen LogP contribution in [0, 0.1) is 0 Å². The molecule has 0 rings (SSSR count). The van der Waals surface area contributed by atoms with Gasteiger partial charge in [0.2, 0.25) is 0 Å². The Morgan fingerprint density at radius 1 is 0.773 bits per heavy atom. The second kappa shape index (κ2) is 8.15. The molecule has 0 saturated heterocycles. The minimum Gasteiger partial charge on any atom is -0.398 e. The van der Waals surface area contributed by atoms with Crippen molar-refractivity contribution in [1.29, 1.82) is 0 Å².